The van der Waals surface area contributed by atoms with Gasteiger partial charge in [-0.25, -0.2) is 0 Å². The number of halogens is 1. The summed E-state index contributed by atoms with van der Waals surface area (Å²) in [7, 11) is 0. The number of nitrogens with one attached hydrogen (secondary N) is 1. The highest BCUT2D eigenvalue weighted by atomic mass is 35.5. The molecule has 0 aromatic heterocycles. The number of phenolic OH excluding ortho intramolecular Hbond substituents is 1. The molecular formula is C17H18ClNO2. The molecule has 21 heavy (non-hydrogen) atoms. The Bertz CT molecular complexity index is 623. The molecular weight excluding hydrogens is 286 g/mol. The van der Waals surface area contributed by atoms with Gasteiger partial charge >= 0.3 is 0 Å². The van der Waals surface area contributed by atoms with E-state index in [1.165, 1.54) is 17.7 Å². The van der Waals surface area contributed by atoms with Crippen molar-refractivity contribution in [2.24, 2.45) is 0 Å². The van der Waals surface area contributed by atoms with Gasteiger partial charge in [0.25, 0.3) is 0 Å². The number of rotatable bonds is 5. The van der Waals surface area contributed by atoms with Crippen LogP contribution in [0.15, 0.2) is 42.5 Å². The molecule has 0 saturated heterocycles. The second kappa shape index (κ2) is 7.14. The van der Waals surface area contributed by atoms with Crippen molar-refractivity contribution in [3.8, 4) is 5.75 Å². The van der Waals surface area contributed by atoms with E-state index in [4.69, 9.17) is 11.6 Å². The molecule has 0 aliphatic heterocycles. The standard InChI is InChI=1S/C17H18ClNO2/c1-2-12-3-5-13(6-4-12)7-10-17(21)19-15-11-14(18)8-9-16(15)20/h3-6,8-9,11,20H,2,7,10H2,1H3,(H,19,21). The molecule has 0 aliphatic rings. The Morgan fingerprint density at radius 1 is 1.14 bits per heavy atom. The number of phenols is 1. The first kappa shape index (κ1) is 15.4. The zero-order valence-electron chi connectivity index (χ0n) is 11.9. The number of hydrogen-bond acceptors (Lipinski definition) is 2. The van der Waals surface area contributed by atoms with E-state index in [1.54, 1.807) is 6.07 Å². The summed E-state index contributed by atoms with van der Waals surface area (Å²) >= 11 is 5.84. The SMILES string of the molecule is CCc1ccc(CCC(=O)Nc2cc(Cl)ccc2O)cc1. The Balaban J connectivity index is 1.91. The van der Waals surface area contributed by atoms with Crippen molar-refractivity contribution >= 4 is 23.2 Å². The molecule has 0 bridgehead atoms. The molecule has 0 radical (unpaired) electrons. The van der Waals surface area contributed by atoms with E-state index in [0.29, 0.717) is 23.6 Å². The van der Waals surface area contributed by atoms with Crippen LogP contribution < -0.4 is 5.32 Å². The Kier molecular flexibility index (Phi) is 5.23. The van der Waals surface area contributed by atoms with Crippen LogP contribution in [0, 0.1) is 0 Å². The second-order valence-corrected chi connectivity index (χ2v) is 5.32. The summed E-state index contributed by atoms with van der Waals surface area (Å²) < 4.78 is 0. The van der Waals surface area contributed by atoms with Gasteiger partial charge in [-0.1, -0.05) is 42.8 Å². The summed E-state index contributed by atoms with van der Waals surface area (Å²) in [5, 5.41) is 12.8. The first-order chi connectivity index (χ1) is 10.1. The smallest absolute Gasteiger partial charge is 0.224 e. The lowest BCUT2D eigenvalue weighted by Gasteiger charge is -2.08. The van der Waals surface area contributed by atoms with Crippen LogP contribution in [0.2, 0.25) is 5.02 Å². The van der Waals surface area contributed by atoms with E-state index in [0.717, 1.165) is 12.0 Å². The van der Waals surface area contributed by atoms with Crippen molar-refractivity contribution in [1.29, 1.82) is 0 Å². The summed E-state index contributed by atoms with van der Waals surface area (Å²) in [6.45, 7) is 2.11. The third-order valence-electron chi connectivity index (χ3n) is 3.30. The third kappa shape index (κ3) is 4.50. The zero-order valence-corrected chi connectivity index (χ0v) is 12.7. The van der Waals surface area contributed by atoms with E-state index in [2.05, 4.69) is 24.4 Å². The fraction of sp³-hybridized carbons (Fsp3) is 0.235. The molecule has 0 saturated carbocycles. The van der Waals surface area contributed by atoms with Gasteiger partial charge in [0.2, 0.25) is 5.91 Å². The maximum absolute atomic E-state index is 11.9. The van der Waals surface area contributed by atoms with Crippen LogP contribution in [-0.4, -0.2) is 11.0 Å². The zero-order chi connectivity index (χ0) is 15.2. The molecule has 2 N–H and O–H groups in total. The molecule has 0 heterocycles. The predicted octanol–water partition coefficient (Wildman–Crippen LogP) is 4.18. The fourth-order valence-electron chi connectivity index (χ4n) is 2.02. The molecule has 2 aromatic rings. The van der Waals surface area contributed by atoms with E-state index in [9.17, 15) is 9.90 Å². The molecule has 2 rings (SSSR count). The summed E-state index contributed by atoms with van der Waals surface area (Å²) in [6, 6.07) is 12.8. The van der Waals surface area contributed by atoms with Crippen molar-refractivity contribution in [1.82, 2.24) is 0 Å². The monoisotopic (exact) mass is 303 g/mol. The van der Waals surface area contributed by atoms with Gasteiger partial charge in [0, 0.05) is 11.4 Å². The van der Waals surface area contributed by atoms with Crippen molar-refractivity contribution in [3.05, 3.63) is 58.6 Å². The van der Waals surface area contributed by atoms with Gasteiger partial charge in [0.05, 0.1) is 5.69 Å². The Hall–Kier alpha value is -2.00. The fourth-order valence-corrected chi connectivity index (χ4v) is 2.19. The highest BCUT2D eigenvalue weighted by molar-refractivity contribution is 6.31. The molecule has 0 aliphatic carbocycles. The molecule has 4 heteroatoms. The highest BCUT2D eigenvalue weighted by Crippen LogP contribution is 2.26. The van der Waals surface area contributed by atoms with Crippen LogP contribution in [-0.2, 0) is 17.6 Å². The first-order valence-electron chi connectivity index (χ1n) is 6.94. The average Bonchev–Trinajstić information content (AvgIpc) is 2.49. The molecule has 3 nitrogen and oxygen atoms in total. The minimum Gasteiger partial charge on any atom is -0.506 e. The molecule has 0 fully saturated rings. The average molecular weight is 304 g/mol. The summed E-state index contributed by atoms with van der Waals surface area (Å²) in [4.78, 5) is 11.9. The van der Waals surface area contributed by atoms with Crippen LogP contribution >= 0.6 is 11.6 Å². The Labute approximate surface area is 129 Å². The number of hydrogen-bond donors (Lipinski definition) is 2. The summed E-state index contributed by atoms with van der Waals surface area (Å²) in [6.07, 6.45) is 2.03. The predicted molar refractivity (Wildman–Crippen MR) is 85.9 cm³/mol. The lowest BCUT2D eigenvalue weighted by Crippen LogP contribution is -2.12. The quantitative estimate of drug-likeness (QED) is 0.814. The molecule has 1 amide bonds. The number of anilines is 1. The number of carbonyl (C=O) groups excluding carboxylic acids is 1. The van der Waals surface area contributed by atoms with Gasteiger partial charge < -0.3 is 10.4 Å². The van der Waals surface area contributed by atoms with Crippen LogP contribution in [0.5, 0.6) is 5.75 Å². The van der Waals surface area contributed by atoms with Crippen molar-refractivity contribution < 1.29 is 9.90 Å². The maximum atomic E-state index is 11.9. The Morgan fingerprint density at radius 2 is 1.81 bits per heavy atom. The van der Waals surface area contributed by atoms with Gasteiger partial charge in [-0.3, -0.25) is 4.79 Å². The topological polar surface area (TPSA) is 49.3 Å². The number of amides is 1. The summed E-state index contributed by atoms with van der Waals surface area (Å²) in [5.74, 6) is -0.132. The van der Waals surface area contributed by atoms with Crippen molar-refractivity contribution in [3.63, 3.8) is 0 Å². The van der Waals surface area contributed by atoms with Crippen molar-refractivity contribution in [2.45, 2.75) is 26.2 Å². The van der Waals surface area contributed by atoms with Crippen LogP contribution in [0.25, 0.3) is 0 Å². The molecule has 0 atom stereocenters. The Morgan fingerprint density at radius 3 is 2.48 bits per heavy atom. The number of aromatic hydroxyl groups is 1. The summed E-state index contributed by atoms with van der Waals surface area (Å²) in [5.41, 5.74) is 2.75. The minimum absolute atomic E-state index is 0.0139. The third-order valence-corrected chi connectivity index (χ3v) is 3.54. The number of carbonyl (C=O) groups is 1. The minimum atomic E-state index is -0.146. The van der Waals surface area contributed by atoms with Gasteiger partial charge in [0.15, 0.2) is 0 Å². The van der Waals surface area contributed by atoms with Gasteiger partial charge in [-0.05, 0) is 42.2 Å². The van der Waals surface area contributed by atoms with Gasteiger partial charge in [-0.15, -0.1) is 0 Å². The van der Waals surface area contributed by atoms with Gasteiger partial charge in [0.1, 0.15) is 5.75 Å². The lowest BCUT2D eigenvalue weighted by atomic mass is 10.1. The molecule has 0 spiro atoms. The van der Waals surface area contributed by atoms with Gasteiger partial charge in [-0.2, -0.15) is 0 Å². The second-order valence-electron chi connectivity index (χ2n) is 4.88. The molecule has 110 valence electrons. The number of benzene rings is 2. The van der Waals surface area contributed by atoms with Crippen LogP contribution in [0.3, 0.4) is 0 Å². The van der Waals surface area contributed by atoms with Crippen LogP contribution in [0.1, 0.15) is 24.5 Å². The maximum Gasteiger partial charge on any atom is 0.224 e. The van der Waals surface area contributed by atoms with Crippen molar-refractivity contribution in [2.75, 3.05) is 5.32 Å². The largest absolute Gasteiger partial charge is 0.506 e. The van der Waals surface area contributed by atoms with E-state index in [-0.39, 0.29) is 11.7 Å². The number of aryl methyl sites for hydroxylation is 2. The highest BCUT2D eigenvalue weighted by Gasteiger charge is 2.07. The first-order valence-corrected chi connectivity index (χ1v) is 7.32. The lowest BCUT2D eigenvalue weighted by molar-refractivity contribution is -0.116. The van der Waals surface area contributed by atoms with E-state index >= 15 is 0 Å². The van der Waals surface area contributed by atoms with Crippen LogP contribution in [0.4, 0.5) is 5.69 Å². The molecule has 0 unspecified atom stereocenters. The van der Waals surface area contributed by atoms with E-state index < -0.39 is 0 Å². The van der Waals surface area contributed by atoms with E-state index in [1.807, 2.05) is 12.1 Å². The molecule has 2 aromatic carbocycles. The normalized spacial score (nSPS) is 10.4.